The molecule has 0 amide bonds. The van der Waals surface area contributed by atoms with Gasteiger partial charge in [0, 0.05) is 0 Å². The first-order valence-corrected chi connectivity index (χ1v) is 0. The summed E-state index contributed by atoms with van der Waals surface area (Å²) in [6, 6.07) is 0. The van der Waals surface area contributed by atoms with Crippen molar-refractivity contribution in [2.45, 2.75) is 0 Å². The van der Waals surface area contributed by atoms with Crippen LogP contribution in [0.2, 0.25) is 0 Å². The van der Waals surface area contributed by atoms with Crippen LogP contribution in [0.5, 0.6) is 0 Å². The van der Waals surface area contributed by atoms with Gasteiger partial charge in [-0.05, 0) is 0 Å². The Morgan fingerprint density at radius 2 is 0.0345 bits per heavy atom. The molecule has 0 rings (SSSR count). The Hall–Kier alpha value is 38.1. The summed E-state index contributed by atoms with van der Waals surface area (Å²) in [7, 11) is 0. The Bertz CT molecular complexity index is 86.9. The summed E-state index contributed by atoms with van der Waals surface area (Å²) < 4.78 is 0. The minimum atomic E-state index is 0. The van der Waals surface area contributed by atoms with Crippen LogP contribution in [0.25, 0.3) is 0 Å². The zero-order chi connectivity index (χ0) is 0. The van der Waals surface area contributed by atoms with E-state index in [1.54, 1.807) is 0 Å². The molecule has 0 heterocycles. The smallest absolute Gasteiger partial charge is 1.00 e. The van der Waals surface area contributed by atoms with Crippen LogP contribution < -0.4 is 1310 Å². The SMILES string of the molecule is Cl.Cl.Cl.[Cl-].[Cl-].[Cl-].[Cl-].[Cl-].[Cl-].[Cl-].[Cl-].[Cl-].[Cl-].[Cl-].[Cl-].[Cl-].[Cl-].[Cl-].[Cl-].[Cl-].[Cl-].[Cl-].[Cl-].[Cl-].[Cl-].[Cl-].[Cl-].[Cl-].[Cl-].[Cl-].[Cl-].[Cl-].[Cl-].[Cl-].[Cl-].[Cl-].[Cl-].[Cl-].[Cl-].[Cl-].[Cl-].[Cl-].[Cl-].[Cl-].[Cl-].[Li+].[Li+].[Li+].[Li+].[Li+].[Li+].[Li+].[Li+].[Li+].[Li+].[Li+].[Li+].[Li+].[Li+].[Li+].[Li+].[Li+].[Li+].[Li+].[Li+].[Li+].[Li+].[Li+].[Li+].[Li+].[Li+].[Li+].[Li+].[Li+].[Li+].[Li+].[Li+].[Li+].[Li+].[Li+].[Li+].[Li+].[Li+].[Li+].[Li+].[Li+].[Li+]. The van der Waals surface area contributed by atoms with Gasteiger partial charge < -0.3 is 521 Å². The maximum atomic E-state index is 0. The van der Waals surface area contributed by atoms with E-state index < -0.39 is 0 Å². The molecule has 360 valence electrons. The van der Waals surface area contributed by atoms with Gasteiger partial charge in [0.05, 0.1) is 0 Å². The molecular formula is H3Cl45Li42. The van der Waals surface area contributed by atoms with Gasteiger partial charge in [0.25, 0.3) is 0 Å². The van der Waals surface area contributed by atoms with Gasteiger partial charge in [0.1, 0.15) is 0 Å². The fraction of sp³-hybridized carbons (Fsp3) is 0. The van der Waals surface area contributed by atoms with Crippen LogP contribution >= 0.6 is 37.2 Å². The normalized spacial score (nSPS) is 0. The first kappa shape index (κ1) is 1330. The third-order valence-electron chi connectivity index (χ3n) is 0. The molecule has 0 aromatic rings. The molecule has 0 nitrogen and oxygen atoms in total. The fourth-order valence-corrected chi connectivity index (χ4v) is 0. The van der Waals surface area contributed by atoms with Gasteiger partial charge in [-0.3, -0.25) is 0 Å². The van der Waals surface area contributed by atoms with E-state index in [9.17, 15) is 0 Å². The number of hydrogen-bond donors (Lipinski definition) is 0. The molecule has 0 aromatic heterocycles. The van der Waals surface area contributed by atoms with Crippen LogP contribution in [-0.4, -0.2) is 0 Å². The number of hydrogen-bond acceptors (Lipinski definition) is 0. The summed E-state index contributed by atoms with van der Waals surface area (Å²) in [5.74, 6) is 0. The van der Waals surface area contributed by atoms with Crippen LogP contribution in [0.15, 0.2) is 0 Å². The molecule has 0 atom stereocenters. The van der Waals surface area contributed by atoms with Gasteiger partial charge >= 0.3 is 792 Å². The minimum absolute atomic E-state index is 0. The number of halogens is 45. The van der Waals surface area contributed by atoms with E-state index in [0.717, 1.165) is 0 Å². The van der Waals surface area contributed by atoms with Gasteiger partial charge in [-0.1, -0.05) is 0 Å². The van der Waals surface area contributed by atoms with Gasteiger partial charge in [-0.15, -0.1) is 37.2 Å². The van der Waals surface area contributed by atoms with E-state index in [-0.39, 0.29) is 1350 Å². The Labute approximate surface area is 1320 Å². The molecule has 0 unspecified atom stereocenters. The summed E-state index contributed by atoms with van der Waals surface area (Å²) in [6.45, 7) is 0. The molecule has 0 spiro atoms. The molecule has 0 N–H and O–H groups in total. The van der Waals surface area contributed by atoms with Gasteiger partial charge in [0.2, 0.25) is 0 Å². The van der Waals surface area contributed by atoms with Gasteiger partial charge in [-0.25, -0.2) is 0 Å². The van der Waals surface area contributed by atoms with E-state index in [1.165, 1.54) is 0 Å². The van der Waals surface area contributed by atoms with Crippen LogP contribution in [0.4, 0.5) is 0 Å². The zero-order valence-electron chi connectivity index (χ0n) is 59.1. The van der Waals surface area contributed by atoms with E-state index >= 15 is 0 Å². The van der Waals surface area contributed by atoms with Gasteiger partial charge in [-0.2, -0.15) is 0 Å². The van der Waals surface area contributed by atoms with Crippen LogP contribution in [0, 0.1) is 0 Å². The Kier molecular flexibility index (Phi) is 19700. The summed E-state index contributed by atoms with van der Waals surface area (Å²) >= 11 is 0. The predicted octanol–water partition coefficient (Wildman–Crippen LogP) is -250. The van der Waals surface area contributed by atoms with E-state index in [4.69, 9.17) is 0 Å². The van der Waals surface area contributed by atoms with Crippen molar-refractivity contribution < 1.29 is 1310 Å². The van der Waals surface area contributed by atoms with Crippen molar-refractivity contribution in [3.05, 3.63) is 0 Å². The molecule has 0 saturated carbocycles. The predicted molar refractivity (Wildman–Crippen MR) is 21.7 cm³/mol. The van der Waals surface area contributed by atoms with Crippen LogP contribution in [0.3, 0.4) is 0 Å². The van der Waals surface area contributed by atoms with Crippen molar-refractivity contribution in [2.24, 2.45) is 0 Å². The second-order valence-electron chi connectivity index (χ2n) is 0. The molecule has 0 fully saturated rings. The summed E-state index contributed by atoms with van der Waals surface area (Å²) in [6.07, 6.45) is 0. The van der Waals surface area contributed by atoms with Crippen molar-refractivity contribution in [1.82, 2.24) is 0 Å². The van der Waals surface area contributed by atoms with E-state index in [0.29, 0.717) is 0 Å². The largest absolute Gasteiger partial charge is 1.00 e. The standard InChI is InChI=1S/45ClH.42Li/h45*1H;;;;;;;;;;;;;;;;;;;;;;;;;;;;;;;;;;;;;;;;;;/q;;;;;;;;;;;;;;;;;;;;;;;;;;;;;;;;;;;;;;;;;;;;;42*+1/p-42. The van der Waals surface area contributed by atoms with Crippen molar-refractivity contribution in [2.75, 3.05) is 0 Å². The first-order valence-electron chi connectivity index (χ1n) is 0. The molecule has 0 aromatic carbocycles. The molecular weight excluding hydrogens is 1890 g/mol. The molecule has 87 heavy (non-hydrogen) atoms. The molecule has 0 aliphatic carbocycles. The average molecular weight is 1890 g/mol. The summed E-state index contributed by atoms with van der Waals surface area (Å²) in [5.41, 5.74) is 0. The van der Waals surface area contributed by atoms with Crippen LogP contribution in [-0.2, 0) is 0 Å². The minimum Gasteiger partial charge on any atom is -1.00 e. The molecule has 87 heteroatoms. The number of rotatable bonds is 0. The zero-order valence-corrected chi connectivity index (χ0v) is 93.3. The second kappa shape index (κ2) is 1290. The summed E-state index contributed by atoms with van der Waals surface area (Å²) in [4.78, 5) is 0. The van der Waals surface area contributed by atoms with Crippen molar-refractivity contribution >= 4 is 37.2 Å². The maximum Gasteiger partial charge on any atom is 1.00 e. The topological polar surface area (TPSA) is 0 Å². The maximum absolute atomic E-state index is 0. The van der Waals surface area contributed by atoms with Crippen molar-refractivity contribution in [3.63, 3.8) is 0 Å². The molecule has 0 bridgehead atoms. The fourth-order valence-electron chi connectivity index (χ4n) is 0. The second-order valence-corrected chi connectivity index (χ2v) is 0. The third kappa shape index (κ3) is 1270. The van der Waals surface area contributed by atoms with Gasteiger partial charge in [0.15, 0.2) is 0 Å². The molecule has 0 aliphatic heterocycles. The Morgan fingerprint density at radius 3 is 0.0345 bits per heavy atom. The van der Waals surface area contributed by atoms with Crippen molar-refractivity contribution in [1.29, 1.82) is 0 Å². The Balaban J connectivity index is 0. The third-order valence-corrected chi connectivity index (χ3v) is 0. The van der Waals surface area contributed by atoms with Crippen LogP contribution in [0.1, 0.15) is 0 Å². The average Bonchev–Trinajstić information content (AvgIpc) is 0. The molecule has 0 radical (unpaired) electrons. The first-order chi connectivity index (χ1) is 0. The van der Waals surface area contributed by atoms with E-state index in [2.05, 4.69) is 0 Å². The van der Waals surface area contributed by atoms with E-state index in [1.807, 2.05) is 0 Å². The quantitative estimate of drug-likeness (QED) is 0.212. The molecule has 0 saturated heterocycles. The Morgan fingerprint density at radius 1 is 0.0345 bits per heavy atom. The van der Waals surface area contributed by atoms with Crippen molar-refractivity contribution in [3.8, 4) is 0 Å². The monoisotopic (exact) mass is 1870 g/mol. The molecule has 0 aliphatic rings. The summed E-state index contributed by atoms with van der Waals surface area (Å²) in [5, 5.41) is 0.